The SMILES string of the molecule is OCCCP(O)CCCO.[NaH]. The van der Waals surface area contributed by atoms with Gasteiger partial charge in [-0.1, -0.05) is 0 Å². The van der Waals surface area contributed by atoms with Crippen molar-refractivity contribution in [1.29, 1.82) is 0 Å². The van der Waals surface area contributed by atoms with Crippen molar-refractivity contribution in [3.63, 3.8) is 0 Å². The molecule has 0 aromatic rings. The van der Waals surface area contributed by atoms with Crippen molar-refractivity contribution in [1.82, 2.24) is 0 Å². The molecule has 0 fully saturated rings. The van der Waals surface area contributed by atoms with Crippen LogP contribution in [0.4, 0.5) is 0 Å². The topological polar surface area (TPSA) is 60.7 Å². The van der Waals surface area contributed by atoms with Crippen LogP contribution in [0.5, 0.6) is 0 Å². The third kappa shape index (κ3) is 11.3. The Morgan fingerprint density at radius 3 is 1.55 bits per heavy atom. The quantitative estimate of drug-likeness (QED) is 0.390. The van der Waals surface area contributed by atoms with Crippen LogP contribution in [0.15, 0.2) is 0 Å². The van der Waals surface area contributed by atoms with Crippen molar-refractivity contribution >= 4 is 37.7 Å². The van der Waals surface area contributed by atoms with E-state index in [4.69, 9.17) is 15.1 Å². The minimum absolute atomic E-state index is 0. The van der Waals surface area contributed by atoms with Crippen LogP contribution < -0.4 is 0 Å². The van der Waals surface area contributed by atoms with E-state index in [1.54, 1.807) is 0 Å². The van der Waals surface area contributed by atoms with Crippen molar-refractivity contribution in [3.05, 3.63) is 0 Å². The molecule has 0 aliphatic carbocycles. The summed E-state index contributed by atoms with van der Waals surface area (Å²) in [5, 5.41) is 16.8. The van der Waals surface area contributed by atoms with Crippen molar-refractivity contribution in [2.45, 2.75) is 12.8 Å². The van der Waals surface area contributed by atoms with Crippen LogP contribution in [0.25, 0.3) is 0 Å². The second kappa shape index (κ2) is 11.3. The Kier molecular flexibility index (Phi) is 15.2. The third-order valence-electron chi connectivity index (χ3n) is 1.15. The number of aliphatic hydroxyl groups excluding tert-OH is 2. The van der Waals surface area contributed by atoms with Gasteiger partial charge in [0, 0.05) is 21.4 Å². The fraction of sp³-hybridized carbons (Fsp3) is 1.00. The average Bonchev–Trinajstić information content (AvgIpc) is 1.97. The first-order valence-corrected chi connectivity index (χ1v) is 5.13. The molecule has 0 aliphatic rings. The molecular formula is C6H16NaO3P. The van der Waals surface area contributed by atoms with Gasteiger partial charge < -0.3 is 15.1 Å². The second-order valence-electron chi connectivity index (χ2n) is 2.11. The maximum absolute atomic E-state index is 9.15. The molecule has 11 heavy (non-hydrogen) atoms. The first-order valence-electron chi connectivity index (χ1n) is 3.46. The van der Waals surface area contributed by atoms with E-state index in [2.05, 4.69) is 0 Å². The van der Waals surface area contributed by atoms with Gasteiger partial charge >= 0.3 is 29.6 Å². The molecule has 0 saturated carbocycles. The molecule has 5 heteroatoms. The van der Waals surface area contributed by atoms with Gasteiger partial charge in [-0.25, -0.2) is 0 Å². The predicted octanol–water partition coefficient (Wildman–Crippen LogP) is -0.508. The monoisotopic (exact) mass is 190 g/mol. The molecule has 0 unspecified atom stereocenters. The van der Waals surface area contributed by atoms with Crippen LogP contribution >= 0.6 is 8.15 Å². The molecule has 0 heterocycles. The molecule has 0 bridgehead atoms. The molecule has 3 N–H and O–H groups in total. The van der Waals surface area contributed by atoms with Gasteiger partial charge in [-0.05, 0) is 25.2 Å². The van der Waals surface area contributed by atoms with Crippen LogP contribution in [0.3, 0.4) is 0 Å². The summed E-state index contributed by atoms with van der Waals surface area (Å²) in [4.78, 5) is 9.15. The minimum atomic E-state index is -0.912. The summed E-state index contributed by atoms with van der Waals surface area (Å²) in [6.45, 7) is 0.303. The number of hydrogen-bond acceptors (Lipinski definition) is 3. The molecule has 3 nitrogen and oxygen atoms in total. The molecule has 64 valence electrons. The summed E-state index contributed by atoms with van der Waals surface area (Å²) in [6, 6.07) is 0. The maximum atomic E-state index is 9.15. The fourth-order valence-corrected chi connectivity index (χ4v) is 1.85. The Bertz CT molecular complexity index is 66.8. The molecule has 0 radical (unpaired) electrons. The summed E-state index contributed by atoms with van der Waals surface area (Å²) in [5.74, 6) is 0. The van der Waals surface area contributed by atoms with E-state index in [0.29, 0.717) is 25.2 Å². The Hall–Kier alpha value is 1.31. The summed E-state index contributed by atoms with van der Waals surface area (Å²) in [5.41, 5.74) is 0. The van der Waals surface area contributed by atoms with E-state index in [-0.39, 0.29) is 42.8 Å². The summed E-state index contributed by atoms with van der Waals surface area (Å²) in [6.07, 6.45) is 2.75. The molecule has 0 saturated heterocycles. The second-order valence-corrected chi connectivity index (χ2v) is 4.02. The van der Waals surface area contributed by atoms with E-state index in [9.17, 15) is 0 Å². The molecule has 0 spiro atoms. The molecular weight excluding hydrogens is 174 g/mol. The van der Waals surface area contributed by atoms with Gasteiger partial charge in [0.2, 0.25) is 0 Å². The molecule has 0 amide bonds. The predicted molar refractivity (Wildman–Crippen MR) is 49.4 cm³/mol. The van der Waals surface area contributed by atoms with Gasteiger partial charge in [0.25, 0.3) is 0 Å². The van der Waals surface area contributed by atoms with Crippen molar-refractivity contribution in [2.24, 2.45) is 0 Å². The average molecular weight is 190 g/mol. The zero-order valence-electron chi connectivity index (χ0n) is 6.03. The summed E-state index contributed by atoms with van der Waals surface area (Å²) >= 11 is 0. The Morgan fingerprint density at radius 2 is 1.27 bits per heavy atom. The van der Waals surface area contributed by atoms with Gasteiger partial charge in [-0.2, -0.15) is 0 Å². The fourth-order valence-electron chi connectivity index (χ4n) is 0.618. The molecule has 0 aromatic carbocycles. The van der Waals surface area contributed by atoms with Crippen molar-refractivity contribution in [3.8, 4) is 0 Å². The zero-order valence-corrected chi connectivity index (χ0v) is 6.93. The van der Waals surface area contributed by atoms with Gasteiger partial charge in [-0.15, -0.1) is 0 Å². The van der Waals surface area contributed by atoms with Gasteiger partial charge in [-0.3, -0.25) is 0 Å². The third-order valence-corrected chi connectivity index (χ3v) is 2.81. The number of aliphatic hydroxyl groups is 2. The molecule has 0 aliphatic heterocycles. The summed E-state index contributed by atoms with van der Waals surface area (Å²) < 4.78 is 0. The Labute approximate surface area is 90.9 Å². The molecule has 0 rings (SSSR count). The van der Waals surface area contributed by atoms with E-state index >= 15 is 0 Å². The van der Waals surface area contributed by atoms with Gasteiger partial charge in [0.05, 0.1) is 0 Å². The first-order chi connectivity index (χ1) is 4.81. The van der Waals surface area contributed by atoms with E-state index < -0.39 is 8.15 Å². The van der Waals surface area contributed by atoms with E-state index in [1.165, 1.54) is 0 Å². The van der Waals surface area contributed by atoms with Crippen LogP contribution in [-0.4, -0.2) is 70.2 Å². The van der Waals surface area contributed by atoms with Crippen LogP contribution in [0, 0.1) is 0 Å². The van der Waals surface area contributed by atoms with Crippen LogP contribution in [-0.2, 0) is 0 Å². The number of hydrogen-bond donors (Lipinski definition) is 3. The van der Waals surface area contributed by atoms with Crippen molar-refractivity contribution in [2.75, 3.05) is 25.5 Å². The van der Waals surface area contributed by atoms with Gasteiger partial charge in [0.1, 0.15) is 0 Å². The van der Waals surface area contributed by atoms with E-state index in [0.717, 1.165) is 0 Å². The summed E-state index contributed by atoms with van der Waals surface area (Å²) in [7, 11) is -0.912. The number of rotatable bonds is 6. The molecule has 0 aromatic heterocycles. The Morgan fingerprint density at radius 1 is 0.909 bits per heavy atom. The van der Waals surface area contributed by atoms with Crippen LogP contribution in [0.1, 0.15) is 12.8 Å². The normalized spacial score (nSPS) is 9.82. The molecule has 0 atom stereocenters. The Balaban J connectivity index is 0. The van der Waals surface area contributed by atoms with E-state index in [1.807, 2.05) is 0 Å². The zero-order chi connectivity index (χ0) is 7.82. The first kappa shape index (κ1) is 14.8. The standard InChI is InChI=1S/C6H15O3P.Na.H/c7-3-1-5-10(9)6-2-4-8;;/h7-9H,1-6H2;;. The van der Waals surface area contributed by atoms with Crippen LogP contribution in [0.2, 0.25) is 0 Å². The van der Waals surface area contributed by atoms with Gasteiger partial charge in [0.15, 0.2) is 0 Å². The van der Waals surface area contributed by atoms with Crippen molar-refractivity contribution < 1.29 is 15.1 Å².